The number of aromatic nitrogens is 1. The van der Waals surface area contributed by atoms with E-state index in [0.29, 0.717) is 21.5 Å². The van der Waals surface area contributed by atoms with Crippen LogP contribution in [0.2, 0.25) is 0 Å². The number of rotatable bonds is 3. The molecule has 1 N–H and O–H groups in total. The average Bonchev–Trinajstić information content (AvgIpc) is 2.56. The summed E-state index contributed by atoms with van der Waals surface area (Å²) < 4.78 is 19.1. The molecule has 0 saturated heterocycles. The van der Waals surface area contributed by atoms with Gasteiger partial charge in [0.2, 0.25) is 5.43 Å². The monoisotopic (exact) mass is 387 g/mol. The van der Waals surface area contributed by atoms with Crippen molar-refractivity contribution in [3.05, 3.63) is 80.4 Å². The highest BCUT2D eigenvalue weighted by Crippen LogP contribution is 2.27. The van der Waals surface area contributed by atoms with Crippen LogP contribution in [0, 0.1) is 19.7 Å². The zero-order chi connectivity index (χ0) is 17.3. The molecule has 1 heterocycles. The van der Waals surface area contributed by atoms with Crippen molar-refractivity contribution in [3.8, 4) is 22.6 Å². The number of hydrogen-bond acceptors (Lipinski definition) is 2. The van der Waals surface area contributed by atoms with Crippen molar-refractivity contribution in [1.82, 2.24) is 4.98 Å². The first-order valence-corrected chi connectivity index (χ1v) is 8.18. The van der Waals surface area contributed by atoms with E-state index in [1.54, 1.807) is 24.3 Å². The number of halogens is 2. The van der Waals surface area contributed by atoms with Gasteiger partial charge in [-0.1, -0.05) is 12.1 Å². The van der Waals surface area contributed by atoms with E-state index in [9.17, 15) is 9.18 Å². The molecule has 0 amide bonds. The predicted molar refractivity (Wildman–Crippen MR) is 96.1 cm³/mol. The SMILES string of the molecule is Cc1[nH]c(C)c(-c2ccc(Oc3ccc(F)cc3)cc2)c(=O)c1Br. The predicted octanol–water partition coefficient (Wildman–Crippen LogP) is 5.35. The fourth-order valence-corrected chi connectivity index (χ4v) is 2.82. The molecule has 0 aliphatic rings. The highest BCUT2D eigenvalue weighted by Gasteiger charge is 2.12. The number of nitrogens with one attached hydrogen (secondary N) is 1. The van der Waals surface area contributed by atoms with Crippen LogP contribution in [0.4, 0.5) is 4.39 Å². The van der Waals surface area contributed by atoms with Crippen molar-refractivity contribution < 1.29 is 9.13 Å². The molecule has 0 spiro atoms. The Morgan fingerprint density at radius 1 is 0.917 bits per heavy atom. The van der Waals surface area contributed by atoms with Gasteiger partial charge in [0.05, 0.1) is 4.47 Å². The molecule has 1 aromatic heterocycles. The molecule has 3 aromatic rings. The van der Waals surface area contributed by atoms with Crippen LogP contribution in [0.3, 0.4) is 0 Å². The minimum absolute atomic E-state index is 0.0454. The summed E-state index contributed by atoms with van der Waals surface area (Å²) in [5, 5.41) is 0. The molecule has 0 fully saturated rings. The third kappa shape index (κ3) is 3.26. The summed E-state index contributed by atoms with van der Waals surface area (Å²) in [6.07, 6.45) is 0. The number of aryl methyl sites for hydroxylation is 2. The van der Waals surface area contributed by atoms with E-state index in [1.807, 2.05) is 26.0 Å². The lowest BCUT2D eigenvalue weighted by Crippen LogP contribution is -2.11. The zero-order valence-corrected chi connectivity index (χ0v) is 14.8. The molecule has 0 atom stereocenters. The molecule has 3 nitrogen and oxygen atoms in total. The number of pyridine rings is 1. The van der Waals surface area contributed by atoms with E-state index in [-0.39, 0.29) is 11.2 Å². The van der Waals surface area contributed by atoms with E-state index < -0.39 is 0 Å². The fourth-order valence-electron chi connectivity index (χ4n) is 2.52. The topological polar surface area (TPSA) is 42.1 Å². The summed E-state index contributed by atoms with van der Waals surface area (Å²) in [4.78, 5) is 15.7. The molecule has 24 heavy (non-hydrogen) atoms. The smallest absolute Gasteiger partial charge is 0.204 e. The first-order chi connectivity index (χ1) is 11.5. The number of hydrogen-bond donors (Lipinski definition) is 1. The van der Waals surface area contributed by atoms with Crippen molar-refractivity contribution in [3.63, 3.8) is 0 Å². The van der Waals surface area contributed by atoms with Crippen LogP contribution < -0.4 is 10.2 Å². The minimum atomic E-state index is -0.308. The van der Waals surface area contributed by atoms with Gasteiger partial charge in [-0.15, -0.1) is 0 Å². The standard InChI is InChI=1S/C19H15BrFNO2/c1-11-17(19(23)18(20)12(2)22-11)13-3-7-15(8-4-13)24-16-9-5-14(21)6-10-16/h3-10H,1-2H3,(H,22,23). The molecule has 0 saturated carbocycles. The van der Waals surface area contributed by atoms with Crippen molar-refractivity contribution in [1.29, 1.82) is 0 Å². The Hall–Kier alpha value is -2.40. The molecule has 0 aliphatic carbocycles. The van der Waals surface area contributed by atoms with Crippen LogP contribution >= 0.6 is 15.9 Å². The summed E-state index contributed by atoms with van der Waals surface area (Å²) >= 11 is 3.33. The third-order valence-electron chi connectivity index (χ3n) is 3.70. The number of aromatic amines is 1. The Labute approximate surface area is 147 Å². The van der Waals surface area contributed by atoms with Gasteiger partial charge in [0.15, 0.2) is 0 Å². The number of H-pyrrole nitrogens is 1. The lowest BCUT2D eigenvalue weighted by Gasteiger charge is -2.10. The van der Waals surface area contributed by atoms with E-state index in [2.05, 4.69) is 20.9 Å². The van der Waals surface area contributed by atoms with Gasteiger partial charge in [-0.2, -0.15) is 0 Å². The van der Waals surface area contributed by atoms with Gasteiger partial charge >= 0.3 is 0 Å². The largest absolute Gasteiger partial charge is 0.457 e. The van der Waals surface area contributed by atoms with Crippen molar-refractivity contribution in [2.45, 2.75) is 13.8 Å². The summed E-state index contributed by atoms with van der Waals surface area (Å²) in [7, 11) is 0. The first kappa shape index (κ1) is 16.5. The maximum atomic E-state index is 12.9. The van der Waals surface area contributed by atoms with Gasteiger partial charge in [-0.25, -0.2) is 4.39 Å². The Morgan fingerprint density at radius 2 is 1.46 bits per heavy atom. The maximum absolute atomic E-state index is 12.9. The third-order valence-corrected chi connectivity index (χ3v) is 4.65. The second-order valence-corrected chi connectivity index (χ2v) is 6.27. The lowest BCUT2D eigenvalue weighted by atomic mass is 10.0. The Bertz CT molecular complexity index is 931. The Kier molecular flexibility index (Phi) is 4.53. The fraction of sp³-hybridized carbons (Fsp3) is 0.105. The quantitative estimate of drug-likeness (QED) is 0.657. The van der Waals surface area contributed by atoms with Crippen LogP contribution in [-0.4, -0.2) is 4.98 Å². The van der Waals surface area contributed by atoms with Crippen molar-refractivity contribution in [2.75, 3.05) is 0 Å². The van der Waals surface area contributed by atoms with Crippen LogP contribution in [0.5, 0.6) is 11.5 Å². The normalized spacial score (nSPS) is 10.7. The van der Waals surface area contributed by atoms with Crippen molar-refractivity contribution >= 4 is 15.9 Å². The van der Waals surface area contributed by atoms with Crippen molar-refractivity contribution in [2.24, 2.45) is 0 Å². The molecule has 0 aliphatic heterocycles. The second-order valence-electron chi connectivity index (χ2n) is 5.47. The van der Waals surface area contributed by atoms with Gasteiger partial charge < -0.3 is 9.72 Å². The van der Waals surface area contributed by atoms with Gasteiger partial charge in [0.25, 0.3) is 0 Å². The van der Waals surface area contributed by atoms with E-state index in [0.717, 1.165) is 17.0 Å². The summed E-state index contributed by atoms with van der Waals surface area (Å²) in [6.45, 7) is 3.72. The first-order valence-electron chi connectivity index (χ1n) is 7.38. The highest BCUT2D eigenvalue weighted by molar-refractivity contribution is 9.10. The number of ether oxygens (including phenoxy) is 1. The van der Waals surface area contributed by atoms with E-state index >= 15 is 0 Å². The molecule has 3 rings (SSSR count). The molecule has 0 unspecified atom stereocenters. The minimum Gasteiger partial charge on any atom is -0.457 e. The second kappa shape index (κ2) is 6.61. The van der Waals surface area contributed by atoms with Gasteiger partial charge in [0, 0.05) is 17.0 Å². The molecule has 5 heteroatoms. The maximum Gasteiger partial charge on any atom is 0.204 e. The summed E-state index contributed by atoms with van der Waals surface area (Å²) in [5.74, 6) is 0.860. The Balaban J connectivity index is 1.92. The average molecular weight is 388 g/mol. The van der Waals surface area contributed by atoms with Gasteiger partial charge in [-0.3, -0.25) is 4.79 Å². The number of benzene rings is 2. The molecular formula is C19H15BrFNO2. The van der Waals surface area contributed by atoms with Crippen LogP contribution in [0.15, 0.2) is 57.8 Å². The molecular weight excluding hydrogens is 373 g/mol. The van der Waals surface area contributed by atoms with Gasteiger partial charge in [0.1, 0.15) is 17.3 Å². The van der Waals surface area contributed by atoms with Crippen LogP contribution in [0.1, 0.15) is 11.4 Å². The summed E-state index contributed by atoms with van der Waals surface area (Å²) in [6, 6.07) is 13.0. The van der Waals surface area contributed by atoms with Gasteiger partial charge in [-0.05, 0) is 71.7 Å². The molecule has 2 aromatic carbocycles. The molecule has 0 radical (unpaired) electrons. The zero-order valence-electron chi connectivity index (χ0n) is 13.2. The highest BCUT2D eigenvalue weighted by atomic mass is 79.9. The Morgan fingerprint density at radius 3 is 2.04 bits per heavy atom. The van der Waals surface area contributed by atoms with E-state index in [1.165, 1.54) is 12.1 Å². The van der Waals surface area contributed by atoms with Crippen LogP contribution in [0.25, 0.3) is 11.1 Å². The summed E-state index contributed by atoms with van der Waals surface area (Å²) in [5.41, 5.74) is 3.00. The van der Waals surface area contributed by atoms with E-state index in [4.69, 9.17) is 4.74 Å². The molecule has 122 valence electrons. The lowest BCUT2D eigenvalue weighted by molar-refractivity contribution is 0.480. The van der Waals surface area contributed by atoms with Crippen LogP contribution in [-0.2, 0) is 0 Å². The molecule has 0 bridgehead atoms.